The summed E-state index contributed by atoms with van der Waals surface area (Å²) in [4.78, 5) is 0. The molecule has 0 spiro atoms. The lowest BCUT2D eigenvalue weighted by Crippen LogP contribution is -2.37. The van der Waals surface area contributed by atoms with Crippen molar-refractivity contribution in [2.75, 3.05) is 13.2 Å². The standard InChI is InChI=1S/C14H21F3N2O/c1-2-8-20-9-7-13(19-18)10-11-3-5-12(6-4-11)14(15,16)17/h3-6,13,19H,2,7-10,18H2,1H3. The molecular weight excluding hydrogens is 269 g/mol. The van der Waals surface area contributed by atoms with Gasteiger partial charge in [0.25, 0.3) is 0 Å². The molecule has 1 aromatic carbocycles. The minimum Gasteiger partial charge on any atom is -0.381 e. The van der Waals surface area contributed by atoms with Crippen molar-refractivity contribution in [3.63, 3.8) is 0 Å². The fourth-order valence-electron chi connectivity index (χ4n) is 1.83. The maximum absolute atomic E-state index is 12.4. The van der Waals surface area contributed by atoms with Crippen LogP contribution in [-0.2, 0) is 17.3 Å². The number of nitrogens with two attached hydrogens (primary N) is 1. The fourth-order valence-corrected chi connectivity index (χ4v) is 1.83. The second kappa shape index (κ2) is 8.24. The highest BCUT2D eigenvalue weighted by Crippen LogP contribution is 2.29. The molecule has 3 nitrogen and oxygen atoms in total. The molecule has 1 atom stereocenters. The van der Waals surface area contributed by atoms with Crippen LogP contribution in [0.15, 0.2) is 24.3 Å². The van der Waals surface area contributed by atoms with Crippen molar-refractivity contribution in [2.24, 2.45) is 5.84 Å². The van der Waals surface area contributed by atoms with Crippen molar-refractivity contribution in [2.45, 2.75) is 38.4 Å². The Morgan fingerprint density at radius 2 is 1.85 bits per heavy atom. The molecular formula is C14H21F3N2O. The predicted molar refractivity (Wildman–Crippen MR) is 72.0 cm³/mol. The van der Waals surface area contributed by atoms with Gasteiger partial charge in [0.2, 0.25) is 0 Å². The van der Waals surface area contributed by atoms with Crippen LogP contribution in [0.2, 0.25) is 0 Å². The number of halogens is 3. The van der Waals surface area contributed by atoms with E-state index in [1.807, 2.05) is 6.92 Å². The van der Waals surface area contributed by atoms with Gasteiger partial charge in [-0.05, 0) is 37.0 Å². The molecule has 0 aliphatic carbocycles. The van der Waals surface area contributed by atoms with Gasteiger partial charge in [0.15, 0.2) is 0 Å². The van der Waals surface area contributed by atoms with Gasteiger partial charge in [-0.25, -0.2) is 0 Å². The van der Waals surface area contributed by atoms with Gasteiger partial charge >= 0.3 is 6.18 Å². The molecule has 0 amide bonds. The Labute approximate surface area is 117 Å². The molecule has 3 N–H and O–H groups in total. The van der Waals surface area contributed by atoms with Gasteiger partial charge in [-0.3, -0.25) is 11.3 Å². The first-order valence-corrected chi connectivity index (χ1v) is 6.67. The molecule has 1 aromatic rings. The Kier molecular flexibility index (Phi) is 6.98. The van der Waals surface area contributed by atoms with E-state index < -0.39 is 11.7 Å². The number of hydrogen-bond donors (Lipinski definition) is 2. The van der Waals surface area contributed by atoms with Gasteiger partial charge in [-0.2, -0.15) is 13.2 Å². The average Bonchev–Trinajstić information content (AvgIpc) is 2.42. The van der Waals surface area contributed by atoms with E-state index in [0.29, 0.717) is 19.6 Å². The molecule has 0 fully saturated rings. The fraction of sp³-hybridized carbons (Fsp3) is 0.571. The van der Waals surface area contributed by atoms with Gasteiger partial charge in [0, 0.05) is 19.3 Å². The van der Waals surface area contributed by atoms with Crippen LogP contribution in [0.5, 0.6) is 0 Å². The number of alkyl halides is 3. The van der Waals surface area contributed by atoms with E-state index in [2.05, 4.69) is 5.43 Å². The number of hydrazine groups is 1. The summed E-state index contributed by atoms with van der Waals surface area (Å²) in [6.07, 6.45) is -2.04. The summed E-state index contributed by atoms with van der Waals surface area (Å²) in [7, 11) is 0. The molecule has 114 valence electrons. The van der Waals surface area contributed by atoms with Crippen LogP contribution in [0.25, 0.3) is 0 Å². The number of benzene rings is 1. The first-order valence-electron chi connectivity index (χ1n) is 6.67. The maximum atomic E-state index is 12.4. The first-order chi connectivity index (χ1) is 9.47. The summed E-state index contributed by atoms with van der Waals surface area (Å²) < 4.78 is 42.7. The minimum absolute atomic E-state index is 0.0106. The van der Waals surface area contributed by atoms with Crippen LogP contribution in [0.3, 0.4) is 0 Å². The lowest BCUT2D eigenvalue weighted by atomic mass is 10.0. The summed E-state index contributed by atoms with van der Waals surface area (Å²) >= 11 is 0. The van der Waals surface area contributed by atoms with E-state index in [1.165, 1.54) is 12.1 Å². The highest BCUT2D eigenvalue weighted by molar-refractivity contribution is 5.25. The third kappa shape index (κ3) is 5.90. The second-order valence-electron chi connectivity index (χ2n) is 4.66. The average molecular weight is 290 g/mol. The third-order valence-corrected chi connectivity index (χ3v) is 2.96. The van der Waals surface area contributed by atoms with Crippen molar-refractivity contribution >= 4 is 0 Å². The Morgan fingerprint density at radius 1 is 1.20 bits per heavy atom. The van der Waals surface area contributed by atoms with Gasteiger partial charge in [0.1, 0.15) is 0 Å². The lowest BCUT2D eigenvalue weighted by Gasteiger charge is -2.16. The highest BCUT2D eigenvalue weighted by Gasteiger charge is 2.29. The van der Waals surface area contributed by atoms with E-state index in [4.69, 9.17) is 10.6 Å². The van der Waals surface area contributed by atoms with Crippen molar-refractivity contribution in [3.05, 3.63) is 35.4 Å². The van der Waals surface area contributed by atoms with Crippen molar-refractivity contribution in [1.29, 1.82) is 0 Å². The summed E-state index contributed by atoms with van der Waals surface area (Å²) in [5.74, 6) is 5.45. The second-order valence-corrected chi connectivity index (χ2v) is 4.66. The highest BCUT2D eigenvalue weighted by atomic mass is 19.4. The van der Waals surface area contributed by atoms with Gasteiger partial charge in [-0.1, -0.05) is 19.1 Å². The summed E-state index contributed by atoms with van der Waals surface area (Å²) in [5.41, 5.74) is 2.85. The third-order valence-electron chi connectivity index (χ3n) is 2.96. The summed E-state index contributed by atoms with van der Waals surface area (Å²) in [6.45, 7) is 3.32. The molecule has 0 radical (unpaired) electrons. The molecule has 6 heteroatoms. The van der Waals surface area contributed by atoms with Crippen molar-refractivity contribution in [3.8, 4) is 0 Å². The lowest BCUT2D eigenvalue weighted by molar-refractivity contribution is -0.137. The van der Waals surface area contributed by atoms with Crippen LogP contribution >= 0.6 is 0 Å². The largest absolute Gasteiger partial charge is 0.416 e. The SMILES string of the molecule is CCCOCCC(Cc1ccc(C(F)(F)F)cc1)NN. The van der Waals surface area contributed by atoms with E-state index in [-0.39, 0.29) is 6.04 Å². The van der Waals surface area contributed by atoms with E-state index in [1.54, 1.807) is 0 Å². The van der Waals surface area contributed by atoms with Crippen LogP contribution in [0, 0.1) is 0 Å². The van der Waals surface area contributed by atoms with E-state index >= 15 is 0 Å². The Bertz CT molecular complexity index is 379. The number of nitrogens with one attached hydrogen (secondary N) is 1. The molecule has 0 saturated heterocycles. The maximum Gasteiger partial charge on any atom is 0.416 e. The van der Waals surface area contributed by atoms with Crippen LogP contribution in [-0.4, -0.2) is 19.3 Å². The smallest absolute Gasteiger partial charge is 0.381 e. The zero-order chi connectivity index (χ0) is 15.0. The minimum atomic E-state index is -4.29. The van der Waals surface area contributed by atoms with Crippen molar-refractivity contribution < 1.29 is 17.9 Å². The molecule has 0 aromatic heterocycles. The quantitative estimate of drug-likeness (QED) is 0.440. The van der Waals surface area contributed by atoms with E-state index in [9.17, 15) is 13.2 Å². The zero-order valence-corrected chi connectivity index (χ0v) is 11.5. The number of rotatable bonds is 8. The molecule has 0 aliphatic heterocycles. The Morgan fingerprint density at radius 3 is 2.35 bits per heavy atom. The molecule has 20 heavy (non-hydrogen) atoms. The monoisotopic (exact) mass is 290 g/mol. The van der Waals surface area contributed by atoms with Crippen molar-refractivity contribution in [1.82, 2.24) is 5.43 Å². The van der Waals surface area contributed by atoms with Gasteiger partial charge in [-0.15, -0.1) is 0 Å². The number of ether oxygens (including phenoxy) is 1. The predicted octanol–water partition coefficient (Wildman–Crippen LogP) is 2.90. The van der Waals surface area contributed by atoms with Crippen LogP contribution < -0.4 is 11.3 Å². The molecule has 1 unspecified atom stereocenters. The molecule has 0 bridgehead atoms. The van der Waals surface area contributed by atoms with Crippen LogP contribution in [0.4, 0.5) is 13.2 Å². The molecule has 0 aliphatic rings. The van der Waals surface area contributed by atoms with Gasteiger partial charge < -0.3 is 4.74 Å². The Balaban J connectivity index is 2.49. The van der Waals surface area contributed by atoms with Crippen LogP contribution in [0.1, 0.15) is 30.9 Å². The summed E-state index contributed by atoms with van der Waals surface area (Å²) in [6, 6.07) is 5.15. The number of hydrogen-bond acceptors (Lipinski definition) is 3. The molecule has 0 heterocycles. The topological polar surface area (TPSA) is 47.3 Å². The van der Waals surface area contributed by atoms with E-state index in [0.717, 1.165) is 30.5 Å². The summed E-state index contributed by atoms with van der Waals surface area (Å²) in [5, 5.41) is 0. The zero-order valence-electron chi connectivity index (χ0n) is 11.5. The van der Waals surface area contributed by atoms with Gasteiger partial charge in [0.05, 0.1) is 5.56 Å². The molecule has 1 rings (SSSR count). The normalized spacial score (nSPS) is 13.4. The Hall–Kier alpha value is -1.11. The molecule has 0 saturated carbocycles. The first kappa shape index (κ1) is 16.9.